The van der Waals surface area contributed by atoms with Crippen LogP contribution in [-0.4, -0.2) is 24.5 Å². The number of benzene rings is 3. The number of nitro groups is 2. The molecule has 0 fully saturated rings. The highest BCUT2D eigenvalue weighted by molar-refractivity contribution is 7.92. The van der Waals surface area contributed by atoms with Crippen LogP contribution >= 0.6 is 0 Å². The molecule has 11 heteroatoms. The van der Waals surface area contributed by atoms with E-state index in [0.29, 0.717) is 11.1 Å². The summed E-state index contributed by atoms with van der Waals surface area (Å²) in [5, 5.41) is 22.0. The molecule has 0 bridgehead atoms. The van der Waals surface area contributed by atoms with Crippen molar-refractivity contribution in [1.29, 1.82) is 0 Å². The van der Waals surface area contributed by atoms with Crippen LogP contribution in [0.15, 0.2) is 76.6 Å². The number of aliphatic imine (C=N–C) groups is 1. The van der Waals surface area contributed by atoms with Gasteiger partial charge in [-0.2, -0.15) is 0 Å². The molecule has 0 aliphatic rings. The molecule has 0 atom stereocenters. The molecule has 1 N–H and O–H groups in total. The molecule has 0 aromatic heterocycles. The molecule has 0 aliphatic carbocycles. The van der Waals surface area contributed by atoms with Crippen LogP contribution in [0.2, 0.25) is 0 Å². The highest BCUT2D eigenvalue weighted by atomic mass is 32.2. The third-order valence-electron chi connectivity index (χ3n) is 4.27. The number of nitro benzene ring substituents is 2. The number of anilines is 1. The molecule has 3 aromatic carbocycles. The number of nitrogens with zero attached hydrogens (tertiary/aromatic N) is 3. The molecular formula is C20H16N4O6S. The van der Waals surface area contributed by atoms with E-state index >= 15 is 0 Å². The second-order valence-corrected chi connectivity index (χ2v) is 8.12. The molecule has 0 spiro atoms. The van der Waals surface area contributed by atoms with Gasteiger partial charge in [0.25, 0.3) is 21.4 Å². The standard InChI is InChI=1S/C20H16N4O6S/c1-14-9-10-17(12-20(14)24(27)28)31(29,30)22-19-8-3-2-7-18(19)21-13-15-5-4-6-16(11-15)23(25)26/h2-13,22H,1H3. The van der Waals surface area contributed by atoms with Crippen LogP contribution < -0.4 is 4.72 Å². The summed E-state index contributed by atoms with van der Waals surface area (Å²) in [4.78, 5) is 24.8. The van der Waals surface area contributed by atoms with Crippen molar-refractivity contribution in [2.24, 2.45) is 4.99 Å². The fourth-order valence-electron chi connectivity index (χ4n) is 2.69. The summed E-state index contributed by atoms with van der Waals surface area (Å²) < 4.78 is 27.9. The highest BCUT2D eigenvalue weighted by Crippen LogP contribution is 2.29. The Balaban J connectivity index is 1.92. The van der Waals surface area contributed by atoms with Crippen LogP contribution in [0.4, 0.5) is 22.7 Å². The van der Waals surface area contributed by atoms with Gasteiger partial charge in [0.15, 0.2) is 0 Å². The largest absolute Gasteiger partial charge is 0.277 e. The van der Waals surface area contributed by atoms with E-state index in [0.717, 1.165) is 6.07 Å². The summed E-state index contributed by atoms with van der Waals surface area (Å²) in [7, 11) is -4.13. The van der Waals surface area contributed by atoms with Gasteiger partial charge in [0.2, 0.25) is 0 Å². The average Bonchev–Trinajstić information content (AvgIpc) is 2.73. The van der Waals surface area contributed by atoms with Gasteiger partial charge in [0.05, 0.1) is 26.1 Å². The number of non-ortho nitro benzene ring substituents is 1. The minimum atomic E-state index is -4.13. The Morgan fingerprint density at radius 3 is 2.39 bits per heavy atom. The van der Waals surface area contributed by atoms with Gasteiger partial charge in [-0.3, -0.25) is 29.9 Å². The van der Waals surface area contributed by atoms with Crippen LogP contribution in [0.3, 0.4) is 0 Å². The Morgan fingerprint density at radius 1 is 0.935 bits per heavy atom. The number of aryl methyl sites for hydroxylation is 1. The van der Waals surface area contributed by atoms with Gasteiger partial charge in [-0.1, -0.05) is 30.3 Å². The average molecular weight is 440 g/mol. The van der Waals surface area contributed by atoms with Gasteiger partial charge in [0, 0.05) is 30.0 Å². The van der Waals surface area contributed by atoms with Gasteiger partial charge < -0.3 is 0 Å². The number of rotatable bonds is 7. The van der Waals surface area contributed by atoms with E-state index in [1.807, 2.05) is 0 Å². The summed E-state index contributed by atoms with van der Waals surface area (Å²) >= 11 is 0. The van der Waals surface area contributed by atoms with E-state index in [9.17, 15) is 28.6 Å². The molecule has 158 valence electrons. The van der Waals surface area contributed by atoms with Crippen molar-refractivity contribution in [2.75, 3.05) is 4.72 Å². The molecular weight excluding hydrogens is 424 g/mol. The monoisotopic (exact) mass is 440 g/mol. The lowest BCUT2D eigenvalue weighted by atomic mass is 10.2. The van der Waals surface area contributed by atoms with E-state index < -0.39 is 19.9 Å². The molecule has 0 heterocycles. The van der Waals surface area contributed by atoms with Gasteiger partial charge >= 0.3 is 0 Å². The fraction of sp³-hybridized carbons (Fsp3) is 0.0500. The molecule has 0 radical (unpaired) electrons. The molecule has 31 heavy (non-hydrogen) atoms. The van der Waals surface area contributed by atoms with Crippen LogP contribution in [0.5, 0.6) is 0 Å². The van der Waals surface area contributed by atoms with Gasteiger partial charge in [-0.15, -0.1) is 0 Å². The van der Waals surface area contributed by atoms with Crippen molar-refractivity contribution < 1.29 is 18.3 Å². The lowest BCUT2D eigenvalue weighted by Crippen LogP contribution is -2.13. The highest BCUT2D eigenvalue weighted by Gasteiger charge is 2.20. The van der Waals surface area contributed by atoms with Crippen LogP contribution in [0.25, 0.3) is 0 Å². The van der Waals surface area contributed by atoms with E-state index in [2.05, 4.69) is 9.71 Å². The maximum Gasteiger partial charge on any atom is 0.273 e. The fourth-order valence-corrected chi connectivity index (χ4v) is 3.79. The van der Waals surface area contributed by atoms with Crippen molar-refractivity contribution in [3.05, 3.63) is 98.1 Å². The van der Waals surface area contributed by atoms with E-state index in [1.165, 1.54) is 49.5 Å². The summed E-state index contributed by atoms with van der Waals surface area (Å²) in [6.45, 7) is 1.51. The first-order chi connectivity index (χ1) is 14.7. The molecule has 0 saturated carbocycles. The predicted molar refractivity (Wildman–Crippen MR) is 115 cm³/mol. The first-order valence-electron chi connectivity index (χ1n) is 8.83. The number of hydrogen-bond donors (Lipinski definition) is 1. The smallest absolute Gasteiger partial charge is 0.273 e. The predicted octanol–water partition coefficient (Wildman–Crippen LogP) is 4.36. The lowest BCUT2D eigenvalue weighted by Gasteiger charge is -2.10. The van der Waals surface area contributed by atoms with Crippen molar-refractivity contribution in [2.45, 2.75) is 11.8 Å². The van der Waals surface area contributed by atoms with Gasteiger partial charge in [-0.05, 0) is 30.7 Å². The lowest BCUT2D eigenvalue weighted by molar-refractivity contribution is -0.385. The SMILES string of the molecule is Cc1ccc(S(=O)(=O)Nc2ccccc2N=Cc2cccc([N+](=O)[O-])c2)cc1[N+](=O)[O-]. The Morgan fingerprint density at radius 2 is 1.68 bits per heavy atom. The van der Waals surface area contributed by atoms with Crippen molar-refractivity contribution in [3.8, 4) is 0 Å². The summed E-state index contributed by atoms with van der Waals surface area (Å²) in [6.07, 6.45) is 1.37. The summed E-state index contributed by atoms with van der Waals surface area (Å²) in [6, 6.07) is 15.7. The topological polar surface area (TPSA) is 145 Å². The molecule has 0 amide bonds. The van der Waals surface area contributed by atoms with Crippen LogP contribution in [0, 0.1) is 27.2 Å². The minimum Gasteiger partial charge on any atom is -0.277 e. The first kappa shape index (κ1) is 21.6. The van der Waals surface area contributed by atoms with Crippen molar-refractivity contribution in [3.63, 3.8) is 0 Å². The Bertz CT molecular complexity index is 1300. The molecule has 10 nitrogen and oxygen atoms in total. The van der Waals surface area contributed by atoms with E-state index in [4.69, 9.17) is 0 Å². The van der Waals surface area contributed by atoms with Crippen LogP contribution in [-0.2, 0) is 10.0 Å². The van der Waals surface area contributed by atoms with Gasteiger partial charge in [0.1, 0.15) is 0 Å². The summed E-state index contributed by atoms with van der Waals surface area (Å²) in [5.41, 5.74) is 0.803. The van der Waals surface area contributed by atoms with Crippen molar-refractivity contribution in [1.82, 2.24) is 0 Å². The Labute approximate surface area is 177 Å². The third-order valence-corrected chi connectivity index (χ3v) is 5.63. The Kier molecular flexibility index (Phi) is 6.07. The summed E-state index contributed by atoms with van der Waals surface area (Å²) in [5.74, 6) is 0. The molecule has 0 unspecified atom stereocenters. The minimum absolute atomic E-state index is 0.0982. The maximum absolute atomic E-state index is 12.8. The molecule has 3 aromatic rings. The van der Waals surface area contributed by atoms with E-state index in [-0.39, 0.29) is 27.6 Å². The van der Waals surface area contributed by atoms with Gasteiger partial charge in [-0.25, -0.2) is 8.42 Å². The zero-order chi connectivity index (χ0) is 22.6. The number of nitrogens with one attached hydrogen (secondary N) is 1. The number of sulfonamides is 1. The number of para-hydroxylation sites is 2. The second-order valence-electron chi connectivity index (χ2n) is 6.44. The molecule has 0 saturated heterocycles. The van der Waals surface area contributed by atoms with Crippen molar-refractivity contribution >= 4 is 39.0 Å². The zero-order valence-electron chi connectivity index (χ0n) is 16.1. The second kappa shape index (κ2) is 8.71. The Hall–Kier alpha value is -4.12. The molecule has 3 rings (SSSR count). The quantitative estimate of drug-likeness (QED) is 0.328. The normalized spacial score (nSPS) is 11.4. The zero-order valence-corrected chi connectivity index (χ0v) is 16.9. The maximum atomic E-state index is 12.8. The third kappa shape index (κ3) is 5.08. The van der Waals surface area contributed by atoms with E-state index in [1.54, 1.807) is 24.3 Å². The number of hydrogen-bond acceptors (Lipinski definition) is 7. The first-order valence-corrected chi connectivity index (χ1v) is 10.3. The van der Waals surface area contributed by atoms with Crippen LogP contribution in [0.1, 0.15) is 11.1 Å². The molecule has 0 aliphatic heterocycles.